The molecule has 0 aliphatic rings. The van der Waals surface area contributed by atoms with E-state index in [1.807, 2.05) is 24.3 Å². The molecule has 0 bridgehead atoms. The molecule has 2 aromatic carbocycles. The highest BCUT2D eigenvalue weighted by molar-refractivity contribution is 6.06. The fourth-order valence-corrected chi connectivity index (χ4v) is 2.82. The van der Waals surface area contributed by atoms with Gasteiger partial charge in [0.25, 0.3) is 11.5 Å². The lowest BCUT2D eigenvalue weighted by Gasteiger charge is -2.08. The van der Waals surface area contributed by atoms with Crippen LogP contribution in [-0.2, 0) is 6.54 Å². The van der Waals surface area contributed by atoms with Crippen molar-refractivity contribution in [1.29, 1.82) is 0 Å². The third-order valence-electron chi connectivity index (χ3n) is 4.08. The Morgan fingerprint density at radius 3 is 2.88 bits per heavy atom. The predicted octanol–water partition coefficient (Wildman–Crippen LogP) is 1.70. The van der Waals surface area contributed by atoms with Gasteiger partial charge in [-0.05, 0) is 30.3 Å². The smallest absolute Gasteiger partial charge is 0.277 e. The number of amides is 1. The maximum Gasteiger partial charge on any atom is 0.277 e. The average molecular weight is 333 g/mol. The lowest BCUT2D eigenvalue weighted by Crippen LogP contribution is -2.32. The molecule has 0 fully saturated rings. The average Bonchev–Trinajstić information content (AvgIpc) is 3.12. The van der Waals surface area contributed by atoms with Crippen molar-refractivity contribution in [3.05, 3.63) is 70.6 Å². The summed E-state index contributed by atoms with van der Waals surface area (Å²) in [5.74, 6) is -0.188. The molecule has 25 heavy (non-hydrogen) atoms. The first-order chi connectivity index (χ1) is 12.2. The maximum atomic E-state index is 12.4. The predicted molar refractivity (Wildman–Crippen MR) is 94.4 cm³/mol. The standard InChI is InChI=1S/C18H15N5O2/c24-17(13-5-3-7-15-12(13)8-9-19-15)20-10-11-23-18(25)14-4-1-2-6-16(14)21-22-23/h1-9,19H,10-11H2,(H,20,24). The highest BCUT2D eigenvalue weighted by atomic mass is 16.2. The van der Waals surface area contributed by atoms with Crippen molar-refractivity contribution in [2.45, 2.75) is 6.54 Å². The van der Waals surface area contributed by atoms with Crippen LogP contribution in [0.25, 0.3) is 21.8 Å². The third-order valence-corrected chi connectivity index (χ3v) is 4.08. The van der Waals surface area contributed by atoms with Crippen LogP contribution in [0.4, 0.5) is 0 Å². The minimum Gasteiger partial charge on any atom is -0.361 e. The van der Waals surface area contributed by atoms with Crippen LogP contribution in [0, 0.1) is 0 Å². The van der Waals surface area contributed by atoms with Gasteiger partial charge in [0.15, 0.2) is 0 Å². The van der Waals surface area contributed by atoms with E-state index < -0.39 is 0 Å². The van der Waals surface area contributed by atoms with Crippen molar-refractivity contribution in [3.8, 4) is 0 Å². The molecule has 0 saturated carbocycles. The van der Waals surface area contributed by atoms with Gasteiger partial charge in [-0.2, -0.15) is 0 Å². The van der Waals surface area contributed by atoms with Gasteiger partial charge in [0.05, 0.1) is 11.9 Å². The van der Waals surface area contributed by atoms with Gasteiger partial charge >= 0.3 is 0 Å². The van der Waals surface area contributed by atoms with Gasteiger partial charge in [0.1, 0.15) is 5.52 Å². The van der Waals surface area contributed by atoms with Gasteiger partial charge in [0, 0.05) is 29.2 Å². The number of carbonyl (C=O) groups excluding carboxylic acids is 1. The van der Waals surface area contributed by atoms with Crippen molar-refractivity contribution < 1.29 is 4.79 Å². The number of nitrogens with one attached hydrogen (secondary N) is 2. The summed E-state index contributed by atoms with van der Waals surface area (Å²) in [5.41, 5.74) is 1.85. The number of carbonyl (C=O) groups is 1. The number of H-pyrrole nitrogens is 1. The van der Waals surface area contributed by atoms with Crippen LogP contribution in [-0.4, -0.2) is 32.4 Å². The zero-order chi connectivity index (χ0) is 17.2. The number of aromatic amines is 1. The molecule has 7 heteroatoms. The van der Waals surface area contributed by atoms with Crippen molar-refractivity contribution in [2.24, 2.45) is 0 Å². The molecule has 0 unspecified atom stereocenters. The second-order valence-electron chi connectivity index (χ2n) is 5.64. The van der Waals surface area contributed by atoms with Crippen LogP contribution in [0.3, 0.4) is 0 Å². The number of rotatable bonds is 4. The van der Waals surface area contributed by atoms with Crippen molar-refractivity contribution >= 4 is 27.7 Å². The quantitative estimate of drug-likeness (QED) is 0.594. The molecule has 4 rings (SSSR count). The largest absolute Gasteiger partial charge is 0.361 e. The molecule has 0 aliphatic carbocycles. The Kier molecular flexibility index (Phi) is 3.74. The molecule has 2 N–H and O–H groups in total. The van der Waals surface area contributed by atoms with E-state index >= 15 is 0 Å². The van der Waals surface area contributed by atoms with Gasteiger partial charge in [-0.1, -0.05) is 23.4 Å². The minimum atomic E-state index is -0.215. The SMILES string of the molecule is O=C(NCCn1nnc2ccccc2c1=O)c1cccc2[nH]ccc12. The van der Waals surface area contributed by atoms with Crippen LogP contribution in [0.2, 0.25) is 0 Å². The van der Waals surface area contributed by atoms with Gasteiger partial charge in [-0.15, -0.1) is 5.10 Å². The van der Waals surface area contributed by atoms with Crippen LogP contribution in [0.15, 0.2) is 59.5 Å². The molecule has 4 aromatic rings. The van der Waals surface area contributed by atoms with E-state index in [1.54, 1.807) is 30.5 Å². The summed E-state index contributed by atoms with van der Waals surface area (Å²) in [6, 6.07) is 14.4. The van der Waals surface area contributed by atoms with E-state index in [0.717, 1.165) is 10.9 Å². The van der Waals surface area contributed by atoms with Crippen molar-refractivity contribution in [2.75, 3.05) is 6.54 Å². The molecule has 124 valence electrons. The summed E-state index contributed by atoms with van der Waals surface area (Å²) in [7, 11) is 0. The molecule has 0 spiro atoms. The molecule has 2 aromatic heterocycles. The second kappa shape index (κ2) is 6.20. The normalized spacial score (nSPS) is 11.0. The summed E-state index contributed by atoms with van der Waals surface area (Å²) in [5, 5.41) is 12.1. The van der Waals surface area contributed by atoms with Gasteiger partial charge < -0.3 is 10.3 Å². The van der Waals surface area contributed by atoms with E-state index in [0.29, 0.717) is 16.5 Å². The van der Waals surface area contributed by atoms with E-state index in [1.165, 1.54) is 4.68 Å². The Balaban J connectivity index is 1.49. The van der Waals surface area contributed by atoms with Gasteiger partial charge in [-0.3, -0.25) is 9.59 Å². The van der Waals surface area contributed by atoms with Crippen LogP contribution in [0.1, 0.15) is 10.4 Å². The number of hydrogen-bond donors (Lipinski definition) is 2. The fourth-order valence-electron chi connectivity index (χ4n) is 2.82. The van der Waals surface area contributed by atoms with Crippen LogP contribution in [0.5, 0.6) is 0 Å². The molecule has 0 aliphatic heterocycles. The van der Waals surface area contributed by atoms with Crippen molar-refractivity contribution in [1.82, 2.24) is 25.3 Å². The number of nitrogens with zero attached hydrogens (tertiary/aromatic N) is 3. The second-order valence-corrected chi connectivity index (χ2v) is 5.64. The summed E-state index contributed by atoms with van der Waals surface area (Å²) in [4.78, 5) is 27.8. The third kappa shape index (κ3) is 2.76. The number of fused-ring (bicyclic) bond motifs is 2. The van der Waals surface area contributed by atoms with Crippen molar-refractivity contribution in [3.63, 3.8) is 0 Å². The summed E-state index contributed by atoms with van der Waals surface area (Å²) in [6.07, 6.45) is 1.80. The Hall–Kier alpha value is -3.48. The molecule has 1 amide bonds. The van der Waals surface area contributed by atoms with Gasteiger partial charge in [-0.25, -0.2) is 4.68 Å². The molecular weight excluding hydrogens is 318 g/mol. The first kappa shape index (κ1) is 15.1. The highest BCUT2D eigenvalue weighted by Gasteiger charge is 2.10. The number of hydrogen-bond acceptors (Lipinski definition) is 4. The molecule has 7 nitrogen and oxygen atoms in total. The van der Waals surface area contributed by atoms with Crippen LogP contribution < -0.4 is 10.9 Å². The molecule has 0 saturated heterocycles. The Morgan fingerprint density at radius 1 is 1.08 bits per heavy atom. The molecule has 0 atom stereocenters. The molecule has 2 heterocycles. The van der Waals surface area contributed by atoms with E-state index in [-0.39, 0.29) is 24.6 Å². The maximum absolute atomic E-state index is 12.4. The summed E-state index contributed by atoms with van der Waals surface area (Å²) in [6.45, 7) is 0.540. The Bertz CT molecular complexity index is 1130. The number of aromatic nitrogens is 4. The van der Waals surface area contributed by atoms with E-state index in [2.05, 4.69) is 20.6 Å². The fraction of sp³-hybridized carbons (Fsp3) is 0.111. The lowest BCUT2D eigenvalue weighted by atomic mass is 10.1. The highest BCUT2D eigenvalue weighted by Crippen LogP contribution is 2.17. The van der Waals surface area contributed by atoms with Crippen LogP contribution >= 0.6 is 0 Å². The zero-order valence-electron chi connectivity index (χ0n) is 13.3. The lowest BCUT2D eigenvalue weighted by molar-refractivity contribution is 0.0953. The zero-order valence-corrected chi connectivity index (χ0v) is 13.3. The summed E-state index contributed by atoms with van der Waals surface area (Å²) >= 11 is 0. The topological polar surface area (TPSA) is 92.7 Å². The monoisotopic (exact) mass is 333 g/mol. The number of benzene rings is 2. The Morgan fingerprint density at radius 2 is 1.96 bits per heavy atom. The first-order valence-corrected chi connectivity index (χ1v) is 7.91. The Labute approximate surface area is 142 Å². The molecule has 0 radical (unpaired) electrons. The molecular formula is C18H15N5O2. The minimum absolute atomic E-state index is 0.188. The van der Waals surface area contributed by atoms with E-state index in [4.69, 9.17) is 0 Å². The summed E-state index contributed by atoms with van der Waals surface area (Å²) < 4.78 is 1.26. The van der Waals surface area contributed by atoms with E-state index in [9.17, 15) is 9.59 Å². The van der Waals surface area contributed by atoms with Gasteiger partial charge in [0.2, 0.25) is 0 Å². The first-order valence-electron chi connectivity index (χ1n) is 7.91.